The minimum absolute atomic E-state index is 0.00284. The number of hydrogen-bond donors (Lipinski definition) is 0. The Hall–Kier alpha value is -16.5. The van der Waals surface area contributed by atoms with Crippen LogP contribution in [-0.4, -0.2) is 82.7 Å². The lowest BCUT2D eigenvalue weighted by Crippen LogP contribution is -2.63. The van der Waals surface area contributed by atoms with Crippen molar-refractivity contribution in [3.8, 4) is 69.0 Å². The van der Waals surface area contributed by atoms with Crippen molar-refractivity contribution in [3.63, 3.8) is 0 Å². The van der Waals surface area contributed by atoms with Gasteiger partial charge in [-0.25, -0.2) is 19.2 Å². The normalized spacial score (nSPS) is 15.9. The molecule has 0 bridgehead atoms. The van der Waals surface area contributed by atoms with Gasteiger partial charge in [0.05, 0.1) is 39.3 Å². The van der Waals surface area contributed by atoms with Crippen molar-refractivity contribution < 1.29 is 109 Å². The van der Waals surface area contributed by atoms with Gasteiger partial charge in [-0.1, -0.05) is 357 Å². The van der Waals surface area contributed by atoms with E-state index in [2.05, 4.69) is 41.5 Å². The van der Waals surface area contributed by atoms with E-state index in [0.29, 0.717) is 22.3 Å². The lowest BCUT2D eigenvalue weighted by Gasteiger charge is -2.44. The zero-order valence-electron chi connectivity index (χ0n) is 83.6. The number of esters is 4. The first-order valence-electron chi connectivity index (χ1n) is 48.9. The summed E-state index contributed by atoms with van der Waals surface area (Å²) < 4.78 is 126. The van der Waals surface area contributed by atoms with E-state index in [9.17, 15) is 10.1 Å². The molecule has 0 N–H and O–H groups in total. The van der Waals surface area contributed by atoms with Crippen LogP contribution in [0.15, 0.2) is 376 Å². The number of ether oxygens (including phenoxy) is 16. The average Bonchev–Trinajstić information content (AvgIpc) is 1.56. The van der Waals surface area contributed by atoms with E-state index in [-0.39, 0.29) is 136 Å². The number of fused-ring (bicyclic) bond motifs is 2. The predicted octanol–water partition coefficient (Wildman–Crippen LogP) is 26.0. The second kappa shape index (κ2) is 44.6. The molecule has 0 radical (unpaired) electrons. The summed E-state index contributed by atoms with van der Waals surface area (Å²) in [5, 5.41) is 12.4. The Labute approximate surface area is 861 Å². The minimum atomic E-state index is -3.02. The number of hydrogen-bond acceptors (Lipinski definition) is 24. The van der Waals surface area contributed by atoms with Gasteiger partial charge in [0.15, 0.2) is 70.6 Å². The molecule has 0 amide bonds. The molecule has 0 aliphatic carbocycles. The smallest absolute Gasteiger partial charge is 0.339 e. The van der Waals surface area contributed by atoms with E-state index in [0.717, 1.165) is 33.4 Å². The number of nitro benzene ring substituents is 1. The summed E-state index contributed by atoms with van der Waals surface area (Å²) in [6.07, 6.45) is -10.7. The molecule has 5 atom stereocenters. The van der Waals surface area contributed by atoms with E-state index in [1.165, 1.54) is 66.7 Å². The van der Waals surface area contributed by atoms with Crippen molar-refractivity contribution in [2.45, 2.75) is 166 Å². The van der Waals surface area contributed by atoms with E-state index < -0.39 is 117 Å². The third kappa shape index (κ3) is 23.4. The minimum Gasteiger partial charge on any atom is -0.541 e. The maximum Gasteiger partial charge on any atom is 0.339 e. The number of para-hydroxylation sites is 1. The molecule has 25 nitrogen and oxygen atoms in total. The summed E-state index contributed by atoms with van der Waals surface area (Å²) in [5.41, 5.74) is 5.51. The molecule has 1 saturated heterocycles. The van der Waals surface area contributed by atoms with Gasteiger partial charge in [-0.15, -0.1) is 0 Å². The molecule has 0 spiro atoms. The van der Waals surface area contributed by atoms with Crippen LogP contribution in [0.2, 0.25) is 36.3 Å². The molecule has 15 aromatic carbocycles. The highest BCUT2D eigenvalue weighted by atomic mass is 28.4. The van der Waals surface area contributed by atoms with Crippen LogP contribution in [0.5, 0.6) is 69.0 Å². The topological polar surface area (TPSA) is 278 Å². The van der Waals surface area contributed by atoms with Gasteiger partial charge in [0.1, 0.15) is 52.4 Å². The Bertz CT molecular complexity index is 6940. The molecule has 3 heterocycles. The molecule has 754 valence electrons. The first kappa shape index (κ1) is 102. The lowest BCUT2D eigenvalue weighted by molar-refractivity contribution is -0.386. The van der Waals surface area contributed by atoms with E-state index >= 15 is 19.2 Å². The first-order chi connectivity index (χ1) is 71.5. The number of rotatable bonds is 39. The molecular formula is C121H113NO24Si2. The van der Waals surface area contributed by atoms with E-state index in [1.54, 1.807) is 6.07 Å². The second-order valence-corrected chi connectivity index (χ2v) is 48.6. The van der Waals surface area contributed by atoms with Crippen LogP contribution in [0.3, 0.4) is 0 Å². The molecular weight excluding hydrogens is 1910 g/mol. The predicted molar refractivity (Wildman–Crippen MR) is 560 cm³/mol. The van der Waals surface area contributed by atoms with Crippen molar-refractivity contribution in [3.05, 3.63) is 470 Å². The average molecular weight is 2020 g/mol. The van der Waals surface area contributed by atoms with Gasteiger partial charge in [-0.2, -0.15) is 0 Å². The molecule has 18 rings (SSSR count). The Morgan fingerprint density at radius 1 is 0.324 bits per heavy atom. The lowest BCUT2D eigenvalue weighted by atomic mass is 9.97. The SMILES string of the molecule is CC(C)(C)[Si](C)(C)Oc1cc(C(=O)OC[C@H]2O[C@@H](OCc3ccccc3[N+](=O)[O-])[C@H](OC(=O)c3cc(OCc4ccccc4)c(OCc4ccccc4)c(OCc4ccccc4)c3)[C@@H](OC(=O)c3cc(OCc4ccccc4)c(OCc4ccccc4)c(OCc4ccccc4)c3)[C@@H]2OC(=O)c2cc3c(c(O[Si](C)(C)C(C)(C)C)c2)OC(c2ccccc2)(c2ccccc2)O3)cc2c1OC(c1ccccc1)(c1ccccc1)O2. The van der Waals surface area contributed by atoms with Crippen molar-refractivity contribution in [2.75, 3.05) is 6.61 Å². The monoisotopic (exact) mass is 2020 g/mol. The van der Waals surface area contributed by atoms with Crippen LogP contribution in [0.25, 0.3) is 0 Å². The highest BCUT2D eigenvalue weighted by Crippen LogP contribution is 2.57. The Morgan fingerprint density at radius 3 is 0.926 bits per heavy atom. The van der Waals surface area contributed by atoms with Gasteiger partial charge >= 0.3 is 35.5 Å². The van der Waals surface area contributed by atoms with Gasteiger partial charge in [0.25, 0.3) is 22.3 Å². The van der Waals surface area contributed by atoms with Gasteiger partial charge in [-0.05, 0) is 124 Å². The highest BCUT2D eigenvalue weighted by molar-refractivity contribution is 6.75. The van der Waals surface area contributed by atoms with E-state index in [4.69, 9.17) is 84.6 Å². The Morgan fingerprint density at radius 2 is 0.601 bits per heavy atom. The summed E-state index contributed by atoms with van der Waals surface area (Å²) in [7, 11) is -5.94. The molecule has 148 heavy (non-hydrogen) atoms. The third-order valence-corrected chi connectivity index (χ3v) is 35.4. The fourth-order valence-corrected chi connectivity index (χ4v) is 18.7. The van der Waals surface area contributed by atoms with Crippen LogP contribution in [0.1, 0.15) is 144 Å². The molecule has 27 heteroatoms. The molecule has 15 aromatic rings. The van der Waals surface area contributed by atoms with Crippen molar-refractivity contribution in [1.29, 1.82) is 0 Å². The number of nitrogens with zero attached hydrogens (tertiary/aromatic N) is 1. The highest BCUT2D eigenvalue weighted by Gasteiger charge is 2.56. The van der Waals surface area contributed by atoms with Crippen LogP contribution in [0.4, 0.5) is 5.69 Å². The fourth-order valence-electron chi connectivity index (χ4n) is 16.7. The van der Waals surface area contributed by atoms with Crippen LogP contribution < -0.4 is 56.2 Å². The molecule has 3 aliphatic heterocycles. The molecule has 1 fully saturated rings. The summed E-state index contributed by atoms with van der Waals surface area (Å²) in [5.74, 6) is -7.14. The molecule has 0 aromatic heterocycles. The standard InChI is InChI=1S/C121H113NO24Si2/c1-118(2,3)147(7,8)145-103-71-88(69-101-108(103)143-120(141-101,92-56-33-17-34-57-92)93-58-35-18-36-59-93)113(123)135-80-105-110(138-114(124)91-70-102-109(104(72-91)146-148(9,10)119(4,5)6)144-121(142-102,94-60-37-19-38-61-94)95-62-39-20-40-63-95)111(139-115(125)89-65-97(129-73-81-43-21-11-22-44-81)106(133-77-85-51-29-15-30-52-85)98(66-89)130-74-82-45-23-12-24-46-82)112(117(137-105)136-79-87-55-41-42-64-96(87)122(127)128)140-116(126)90-67-99(131-75-83-47-25-13-26-48-83)107(134-78-86-53-31-16-32-54-86)100(68-90)132-76-84-49-27-14-28-50-84/h11-72,105,110-112,117H,73-80H2,1-10H3/t105-,110-,111+,112-,117-/m1/s1. The number of carbonyl (C=O) groups excluding carboxylic acids is 4. The van der Waals surface area contributed by atoms with Crippen LogP contribution in [-0.2, 0) is 86.2 Å². The van der Waals surface area contributed by atoms with Gasteiger partial charge < -0.3 is 84.6 Å². The van der Waals surface area contributed by atoms with Crippen molar-refractivity contribution in [1.82, 2.24) is 0 Å². The number of carbonyl (C=O) groups is 4. The zero-order chi connectivity index (χ0) is 103. The quantitative estimate of drug-likeness (QED) is 0.0114. The van der Waals surface area contributed by atoms with Gasteiger partial charge in [0.2, 0.25) is 23.0 Å². The van der Waals surface area contributed by atoms with Gasteiger partial charge in [0, 0.05) is 28.3 Å². The maximum absolute atomic E-state index is 17.1. The Balaban J connectivity index is 0.839. The maximum atomic E-state index is 17.1. The van der Waals surface area contributed by atoms with Crippen LogP contribution >= 0.6 is 0 Å². The van der Waals surface area contributed by atoms with Gasteiger partial charge in [-0.3, -0.25) is 10.1 Å². The summed E-state index contributed by atoms with van der Waals surface area (Å²) >= 11 is 0. The van der Waals surface area contributed by atoms with Crippen molar-refractivity contribution >= 4 is 46.2 Å². The Kier molecular flexibility index (Phi) is 30.6. The fraction of sp³-hybridized carbons (Fsp3) is 0.223. The molecule has 0 saturated carbocycles. The summed E-state index contributed by atoms with van der Waals surface area (Å²) in [6, 6.07) is 111. The second-order valence-electron chi connectivity index (χ2n) is 39.1. The third-order valence-electron chi connectivity index (χ3n) is 26.7. The summed E-state index contributed by atoms with van der Waals surface area (Å²) in [6.45, 7) is 18.6. The number of benzene rings is 15. The summed E-state index contributed by atoms with van der Waals surface area (Å²) in [4.78, 5) is 79.8. The zero-order valence-corrected chi connectivity index (χ0v) is 85.6. The molecule has 0 unspecified atom stereocenters. The molecule has 3 aliphatic rings. The van der Waals surface area contributed by atoms with Crippen molar-refractivity contribution in [2.24, 2.45) is 0 Å². The first-order valence-corrected chi connectivity index (χ1v) is 54.7. The van der Waals surface area contributed by atoms with E-state index in [1.807, 2.05) is 330 Å². The number of nitro groups is 1. The largest absolute Gasteiger partial charge is 0.541 e. The van der Waals surface area contributed by atoms with Crippen LogP contribution in [0, 0.1) is 10.1 Å².